The molecular weight excluding hydrogens is 318 g/mol. The summed E-state index contributed by atoms with van der Waals surface area (Å²) in [6.07, 6.45) is 1.93. The van der Waals surface area contributed by atoms with Gasteiger partial charge in [-0.05, 0) is 11.6 Å². The molecule has 126 valence electrons. The normalized spacial score (nSPS) is 21.6. The van der Waals surface area contributed by atoms with E-state index in [9.17, 15) is 13.2 Å². The van der Waals surface area contributed by atoms with Crippen molar-refractivity contribution in [3.63, 3.8) is 0 Å². The number of carbonyl (C=O) groups excluding carboxylic acids is 1. The molecule has 0 aliphatic carbocycles. The summed E-state index contributed by atoms with van der Waals surface area (Å²) in [4.78, 5) is 13.8. The molecular formula is C15H21N3O4S. The summed E-state index contributed by atoms with van der Waals surface area (Å²) < 4.78 is 30.1. The average molecular weight is 339 g/mol. The van der Waals surface area contributed by atoms with Crippen LogP contribution < -0.4 is 10.1 Å². The SMILES string of the molecule is CS(=O)(=O)N1CCN(C(=O)NC[C@H]2Cc3ccccc3O2)CC1. The van der Waals surface area contributed by atoms with Crippen molar-refractivity contribution in [2.45, 2.75) is 12.5 Å². The average Bonchev–Trinajstić information content (AvgIpc) is 2.95. The molecule has 2 heterocycles. The number of rotatable bonds is 3. The van der Waals surface area contributed by atoms with Crippen molar-refractivity contribution >= 4 is 16.1 Å². The number of para-hydroxylation sites is 1. The molecule has 2 aliphatic rings. The number of benzene rings is 1. The third-order valence-corrected chi connectivity index (χ3v) is 5.49. The lowest BCUT2D eigenvalue weighted by atomic mass is 10.1. The quantitative estimate of drug-likeness (QED) is 0.858. The molecule has 1 N–H and O–H groups in total. The number of ether oxygens (including phenoxy) is 1. The fraction of sp³-hybridized carbons (Fsp3) is 0.533. The molecule has 0 aromatic heterocycles. The van der Waals surface area contributed by atoms with Crippen molar-refractivity contribution in [2.75, 3.05) is 39.0 Å². The van der Waals surface area contributed by atoms with Crippen LogP contribution in [-0.4, -0.2) is 68.7 Å². The highest BCUT2D eigenvalue weighted by molar-refractivity contribution is 7.88. The van der Waals surface area contributed by atoms with Crippen molar-refractivity contribution in [3.05, 3.63) is 29.8 Å². The number of urea groups is 1. The number of piperazine rings is 1. The van der Waals surface area contributed by atoms with Crippen LogP contribution in [0.4, 0.5) is 4.79 Å². The zero-order valence-electron chi connectivity index (χ0n) is 13.1. The van der Waals surface area contributed by atoms with Gasteiger partial charge in [0.1, 0.15) is 11.9 Å². The third kappa shape index (κ3) is 3.76. The Morgan fingerprint density at radius 3 is 2.61 bits per heavy atom. The van der Waals surface area contributed by atoms with Gasteiger partial charge in [0.15, 0.2) is 0 Å². The molecule has 0 saturated carbocycles. The maximum absolute atomic E-state index is 12.2. The van der Waals surface area contributed by atoms with Crippen molar-refractivity contribution in [1.29, 1.82) is 0 Å². The highest BCUT2D eigenvalue weighted by Crippen LogP contribution is 2.27. The van der Waals surface area contributed by atoms with E-state index in [1.54, 1.807) is 4.90 Å². The van der Waals surface area contributed by atoms with E-state index in [1.807, 2.05) is 24.3 Å². The van der Waals surface area contributed by atoms with Crippen LogP contribution in [0.2, 0.25) is 0 Å². The first-order valence-electron chi connectivity index (χ1n) is 7.66. The van der Waals surface area contributed by atoms with Gasteiger partial charge in [-0.3, -0.25) is 0 Å². The first kappa shape index (κ1) is 16.1. The van der Waals surface area contributed by atoms with E-state index in [0.29, 0.717) is 32.7 Å². The summed E-state index contributed by atoms with van der Waals surface area (Å²) in [6, 6.07) is 7.70. The Hall–Kier alpha value is -1.80. The number of nitrogens with one attached hydrogen (secondary N) is 1. The number of hydrogen-bond acceptors (Lipinski definition) is 4. The van der Waals surface area contributed by atoms with Crippen LogP contribution in [0.5, 0.6) is 5.75 Å². The van der Waals surface area contributed by atoms with Gasteiger partial charge in [-0.25, -0.2) is 13.2 Å². The second-order valence-corrected chi connectivity index (χ2v) is 7.87. The van der Waals surface area contributed by atoms with E-state index in [4.69, 9.17) is 4.74 Å². The van der Waals surface area contributed by atoms with Crippen molar-refractivity contribution in [1.82, 2.24) is 14.5 Å². The van der Waals surface area contributed by atoms with Gasteiger partial charge in [0, 0.05) is 32.6 Å². The van der Waals surface area contributed by atoms with Crippen LogP contribution in [0, 0.1) is 0 Å². The molecule has 7 nitrogen and oxygen atoms in total. The molecule has 1 aromatic rings. The van der Waals surface area contributed by atoms with Crippen LogP contribution in [0.15, 0.2) is 24.3 Å². The predicted octanol–water partition coefficient (Wildman–Crippen LogP) is 0.277. The Morgan fingerprint density at radius 1 is 1.26 bits per heavy atom. The molecule has 0 unspecified atom stereocenters. The monoisotopic (exact) mass is 339 g/mol. The molecule has 8 heteroatoms. The van der Waals surface area contributed by atoms with Gasteiger partial charge in [-0.15, -0.1) is 0 Å². The molecule has 2 amide bonds. The van der Waals surface area contributed by atoms with Gasteiger partial charge in [0.2, 0.25) is 10.0 Å². The first-order chi connectivity index (χ1) is 10.9. The van der Waals surface area contributed by atoms with E-state index in [1.165, 1.54) is 10.6 Å². The molecule has 1 aromatic carbocycles. The zero-order valence-corrected chi connectivity index (χ0v) is 13.9. The van der Waals surface area contributed by atoms with Gasteiger partial charge in [0.25, 0.3) is 0 Å². The Labute approximate surface area is 136 Å². The number of nitrogens with zero attached hydrogens (tertiary/aromatic N) is 2. The molecule has 1 atom stereocenters. The second kappa shape index (κ2) is 6.37. The van der Waals surface area contributed by atoms with E-state index < -0.39 is 10.0 Å². The Morgan fingerprint density at radius 2 is 1.96 bits per heavy atom. The number of hydrogen-bond donors (Lipinski definition) is 1. The van der Waals surface area contributed by atoms with Crippen molar-refractivity contribution in [3.8, 4) is 5.75 Å². The molecule has 0 spiro atoms. The third-order valence-electron chi connectivity index (χ3n) is 4.19. The molecule has 1 fully saturated rings. The van der Waals surface area contributed by atoms with Crippen molar-refractivity contribution < 1.29 is 17.9 Å². The van der Waals surface area contributed by atoms with Gasteiger partial charge in [-0.2, -0.15) is 4.31 Å². The van der Waals surface area contributed by atoms with Crippen molar-refractivity contribution in [2.24, 2.45) is 0 Å². The van der Waals surface area contributed by atoms with Gasteiger partial charge in [0.05, 0.1) is 12.8 Å². The van der Waals surface area contributed by atoms with Gasteiger partial charge in [-0.1, -0.05) is 18.2 Å². The minimum atomic E-state index is -3.18. The highest BCUT2D eigenvalue weighted by Gasteiger charge is 2.27. The highest BCUT2D eigenvalue weighted by atomic mass is 32.2. The van der Waals surface area contributed by atoms with Crippen LogP contribution in [0.3, 0.4) is 0 Å². The minimum Gasteiger partial charge on any atom is -0.488 e. The number of sulfonamides is 1. The summed E-state index contributed by atoms with van der Waals surface area (Å²) >= 11 is 0. The van der Waals surface area contributed by atoms with E-state index in [-0.39, 0.29) is 12.1 Å². The first-order valence-corrected chi connectivity index (χ1v) is 9.51. The number of carbonyl (C=O) groups is 1. The molecule has 1 saturated heterocycles. The zero-order chi connectivity index (χ0) is 16.4. The minimum absolute atomic E-state index is 0.0475. The van der Waals surface area contributed by atoms with E-state index in [0.717, 1.165) is 17.7 Å². The van der Waals surface area contributed by atoms with Gasteiger partial charge < -0.3 is 15.0 Å². The molecule has 0 radical (unpaired) electrons. The molecule has 2 aliphatic heterocycles. The van der Waals surface area contributed by atoms with Gasteiger partial charge >= 0.3 is 6.03 Å². The second-order valence-electron chi connectivity index (χ2n) is 5.89. The Bertz CT molecular complexity index is 659. The van der Waals surface area contributed by atoms with Crippen LogP contribution in [0.25, 0.3) is 0 Å². The summed E-state index contributed by atoms with van der Waals surface area (Å²) in [6.45, 7) is 1.95. The predicted molar refractivity (Wildman–Crippen MR) is 86.0 cm³/mol. The summed E-state index contributed by atoms with van der Waals surface area (Å²) in [5.41, 5.74) is 1.16. The lowest BCUT2D eigenvalue weighted by molar-refractivity contribution is 0.164. The summed E-state index contributed by atoms with van der Waals surface area (Å²) in [5, 5.41) is 2.88. The fourth-order valence-corrected chi connectivity index (χ4v) is 3.73. The standard InChI is InChI=1S/C15H21N3O4S/c1-23(20,21)18-8-6-17(7-9-18)15(19)16-11-13-10-12-4-2-3-5-14(12)22-13/h2-5,13H,6-11H2,1H3,(H,16,19)/t13-/m1/s1. The van der Waals surface area contributed by atoms with E-state index >= 15 is 0 Å². The maximum Gasteiger partial charge on any atom is 0.317 e. The van der Waals surface area contributed by atoms with Crippen LogP contribution >= 0.6 is 0 Å². The number of fused-ring (bicyclic) bond motifs is 1. The summed E-state index contributed by atoms with van der Waals surface area (Å²) in [5.74, 6) is 0.883. The largest absolute Gasteiger partial charge is 0.488 e. The Kier molecular flexibility index (Phi) is 4.45. The lowest BCUT2D eigenvalue weighted by Crippen LogP contribution is -2.53. The fourth-order valence-electron chi connectivity index (χ4n) is 2.90. The molecule has 3 rings (SSSR count). The molecule has 0 bridgehead atoms. The topological polar surface area (TPSA) is 79.0 Å². The van der Waals surface area contributed by atoms with Crippen LogP contribution in [0.1, 0.15) is 5.56 Å². The van der Waals surface area contributed by atoms with Crippen LogP contribution in [-0.2, 0) is 16.4 Å². The molecule has 23 heavy (non-hydrogen) atoms. The Balaban J connectivity index is 1.45. The maximum atomic E-state index is 12.2. The number of amides is 2. The summed E-state index contributed by atoms with van der Waals surface area (Å²) in [7, 11) is -3.18. The lowest BCUT2D eigenvalue weighted by Gasteiger charge is -2.33. The van der Waals surface area contributed by atoms with E-state index in [2.05, 4.69) is 5.32 Å². The smallest absolute Gasteiger partial charge is 0.317 e.